The topological polar surface area (TPSA) is 3.24 Å². The first kappa shape index (κ1) is 20.5. The number of hydrogen-bond acceptors (Lipinski definition) is 1. The maximum Gasteiger partial charge on any atom is 0.458 e. The maximum atomic E-state index is 14.3. The molecule has 0 spiro atoms. The molecule has 0 unspecified atom stereocenters. The summed E-state index contributed by atoms with van der Waals surface area (Å²) < 4.78 is 106. The Morgan fingerprint density at radius 2 is 1.46 bits per heavy atom. The zero-order valence-corrected chi connectivity index (χ0v) is 13.1. The van der Waals surface area contributed by atoms with Crippen LogP contribution in [-0.2, 0) is 5.92 Å². The number of alkyl halides is 5. The largest absolute Gasteiger partial charge is 0.458 e. The zero-order chi connectivity index (χ0) is 18.7. The maximum absolute atomic E-state index is 14.3. The number of anilines is 1. The summed E-state index contributed by atoms with van der Waals surface area (Å²) in [5, 5.41) is 0. The van der Waals surface area contributed by atoms with Crippen molar-refractivity contribution in [3.63, 3.8) is 0 Å². The summed E-state index contributed by atoms with van der Waals surface area (Å²) in [6.07, 6.45) is -4.73. The van der Waals surface area contributed by atoms with E-state index in [1.54, 1.807) is 13.8 Å². The Balaban J connectivity index is 3.55. The lowest BCUT2D eigenvalue weighted by molar-refractivity contribution is -0.291. The molecule has 0 fully saturated rings. The smallest absolute Gasteiger partial charge is 0.369 e. The second-order valence-electron chi connectivity index (χ2n) is 5.29. The van der Waals surface area contributed by atoms with Gasteiger partial charge >= 0.3 is 12.1 Å². The molecule has 0 saturated carbocycles. The number of unbranched alkanes of at least 4 members (excludes halogenated alkanes) is 1. The van der Waals surface area contributed by atoms with E-state index in [0.29, 0.717) is 25.3 Å². The predicted molar refractivity (Wildman–Crippen MR) is 73.7 cm³/mol. The first-order valence-corrected chi connectivity index (χ1v) is 7.36. The third-order valence-electron chi connectivity index (χ3n) is 3.42. The van der Waals surface area contributed by atoms with Crippen LogP contribution >= 0.6 is 0 Å². The Morgan fingerprint density at radius 1 is 0.875 bits per heavy atom. The highest BCUT2D eigenvalue weighted by Gasteiger charge is 2.62. The van der Waals surface area contributed by atoms with Crippen LogP contribution in [0.2, 0.25) is 0 Å². The van der Waals surface area contributed by atoms with Gasteiger partial charge in [-0.2, -0.15) is 22.0 Å². The van der Waals surface area contributed by atoms with Crippen molar-refractivity contribution in [1.29, 1.82) is 0 Å². The van der Waals surface area contributed by atoms with Gasteiger partial charge in [0.2, 0.25) is 0 Å². The summed E-state index contributed by atoms with van der Waals surface area (Å²) >= 11 is 0. The molecule has 0 aliphatic rings. The molecular weight excluding hydrogens is 346 g/mol. The first-order valence-electron chi connectivity index (χ1n) is 7.36. The fourth-order valence-corrected chi connectivity index (χ4v) is 2.21. The van der Waals surface area contributed by atoms with E-state index in [9.17, 15) is 35.1 Å². The van der Waals surface area contributed by atoms with Crippen molar-refractivity contribution < 1.29 is 35.1 Å². The number of hydrogen-bond donors (Lipinski definition) is 0. The molecule has 1 aromatic carbocycles. The minimum absolute atomic E-state index is 0.0963. The molecule has 1 rings (SSSR count). The van der Waals surface area contributed by atoms with E-state index < -0.39 is 40.8 Å². The Morgan fingerprint density at radius 3 is 1.92 bits per heavy atom. The Bertz CT molecular complexity index is 568. The van der Waals surface area contributed by atoms with Crippen LogP contribution in [0.5, 0.6) is 0 Å². The Hall–Kier alpha value is -1.54. The fraction of sp³-hybridized carbons (Fsp3) is 0.600. The van der Waals surface area contributed by atoms with Gasteiger partial charge in [0.05, 0.1) is 5.69 Å². The predicted octanol–water partition coefficient (Wildman–Crippen LogP) is 5.77. The van der Waals surface area contributed by atoms with Gasteiger partial charge in [0.25, 0.3) is 0 Å². The molecule has 24 heavy (non-hydrogen) atoms. The minimum atomic E-state index is -6.25. The van der Waals surface area contributed by atoms with Crippen molar-refractivity contribution in [3.8, 4) is 0 Å². The molecular formula is C15H17F8N. The van der Waals surface area contributed by atoms with E-state index in [4.69, 9.17) is 0 Å². The molecule has 0 radical (unpaired) electrons. The first-order chi connectivity index (χ1) is 11.0. The highest BCUT2D eigenvalue weighted by molar-refractivity contribution is 5.52. The summed E-state index contributed by atoms with van der Waals surface area (Å²) in [7, 11) is 0. The molecule has 0 aliphatic carbocycles. The quantitative estimate of drug-likeness (QED) is 0.439. The summed E-state index contributed by atoms with van der Waals surface area (Å²) in [4.78, 5) is 1.14. The van der Waals surface area contributed by atoms with Crippen molar-refractivity contribution in [2.24, 2.45) is 0 Å². The second kappa shape index (κ2) is 7.57. The van der Waals surface area contributed by atoms with Crippen LogP contribution in [0.4, 0.5) is 40.8 Å². The van der Waals surface area contributed by atoms with Gasteiger partial charge in [0.15, 0.2) is 17.5 Å². The lowest BCUT2D eigenvalue weighted by atomic mass is 10.0. The van der Waals surface area contributed by atoms with Gasteiger partial charge in [-0.15, -0.1) is 0 Å². The van der Waals surface area contributed by atoms with Crippen molar-refractivity contribution in [2.45, 2.75) is 45.2 Å². The third-order valence-corrected chi connectivity index (χ3v) is 3.42. The molecule has 1 aromatic rings. The third kappa shape index (κ3) is 3.92. The van der Waals surface area contributed by atoms with Crippen molar-refractivity contribution in [2.75, 3.05) is 18.0 Å². The minimum Gasteiger partial charge on any atom is -0.369 e. The summed E-state index contributed by atoms with van der Waals surface area (Å²) in [5.74, 6) is -12.4. The number of rotatable bonds is 7. The molecule has 0 saturated heterocycles. The summed E-state index contributed by atoms with van der Waals surface area (Å²) in [5.41, 5.74) is -3.41. The van der Waals surface area contributed by atoms with Crippen LogP contribution in [0.3, 0.4) is 0 Å². The molecule has 0 amide bonds. The Kier molecular flexibility index (Phi) is 6.46. The molecule has 138 valence electrons. The van der Waals surface area contributed by atoms with E-state index in [1.165, 1.54) is 0 Å². The molecule has 0 aromatic heterocycles. The average Bonchev–Trinajstić information content (AvgIpc) is 2.46. The molecule has 0 heterocycles. The highest BCUT2D eigenvalue weighted by Crippen LogP contribution is 2.47. The molecule has 0 aliphatic heterocycles. The highest BCUT2D eigenvalue weighted by atomic mass is 19.4. The SMILES string of the molecule is CCCCN(CCC)c1cc(F)c(F)c(C(F)(F)C(F)(F)F)c1F. The lowest BCUT2D eigenvalue weighted by Gasteiger charge is -2.28. The normalized spacial score (nSPS) is 12.6. The van der Waals surface area contributed by atoms with Gasteiger partial charge in [-0.1, -0.05) is 20.3 Å². The van der Waals surface area contributed by atoms with Gasteiger partial charge in [-0.3, -0.25) is 0 Å². The standard InChI is InChI=1S/C15H17F8N/c1-3-5-7-24(6-4-2)10-8-9(16)12(17)11(13(10)18)14(19,20)15(21,22)23/h8H,3-7H2,1-2H3. The van der Waals surface area contributed by atoms with E-state index in [0.717, 1.165) is 4.90 Å². The molecule has 0 bridgehead atoms. The monoisotopic (exact) mass is 363 g/mol. The Labute approximate surface area is 134 Å². The van der Waals surface area contributed by atoms with E-state index in [2.05, 4.69) is 0 Å². The molecule has 0 atom stereocenters. The molecule has 9 heteroatoms. The number of nitrogens with zero attached hydrogens (tertiary/aromatic N) is 1. The molecule has 0 N–H and O–H groups in total. The van der Waals surface area contributed by atoms with E-state index in [1.807, 2.05) is 0 Å². The van der Waals surface area contributed by atoms with E-state index in [-0.39, 0.29) is 13.1 Å². The van der Waals surface area contributed by atoms with Crippen LogP contribution in [0, 0.1) is 17.5 Å². The summed E-state index contributed by atoms with van der Waals surface area (Å²) in [6, 6.07) is 0.311. The van der Waals surface area contributed by atoms with Gasteiger partial charge in [0.1, 0.15) is 5.56 Å². The fourth-order valence-electron chi connectivity index (χ4n) is 2.21. The lowest BCUT2D eigenvalue weighted by Crippen LogP contribution is -2.37. The van der Waals surface area contributed by atoms with Gasteiger partial charge < -0.3 is 4.90 Å². The average molecular weight is 363 g/mol. The van der Waals surface area contributed by atoms with Gasteiger partial charge in [-0.05, 0) is 12.8 Å². The van der Waals surface area contributed by atoms with Crippen LogP contribution in [0.1, 0.15) is 38.7 Å². The van der Waals surface area contributed by atoms with E-state index >= 15 is 0 Å². The van der Waals surface area contributed by atoms with Gasteiger partial charge in [-0.25, -0.2) is 13.2 Å². The zero-order valence-electron chi connectivity index (χ0n) is 13.1. The van der Waals surface area contributed by atoms with Crippen molar-refractivity contribution in [3.05, 3.63) is 29.1 Å². The number of halogens is 8. The van der Waals surface area contributed by atoms with Crippen molar-refractivity contribution >= 4 is 5.69 Å². The van der Waals surface area contributed by atoms with Crippen molar-refractivity contribution in [1.82, 2.24) is 0 Å². The number of benzene rings is 1. The van der Waals surface area contributed by atoms with Gasteiger partial charge in [0, 0.05) is 19.2 Å². The summed E-state index contributed by atoms with van der Waals surface area (Å²) in [6.45, 7) is 3.67. The van der Waals surface area contributed by atoms with Crippen LogP contribution in [0.25, 0.3) is 0 Å². The van der Waals surface area contributed by atoms with Crippen LogP contribution in [0.15, 0.2) is 6.07 Å². The van der Waals surface area contributed by atoms with Crippen LogP contribution < -0.4 is 4.90 Å². The molecule has 1 nitrogen and oxygen atoms in total. The van der Waals surface area contributed by atoms with Crippen LogP contribution in [-0.4, -0.2) is 19.3 Å². The second-order valence-corrected chi connectivity index (χ2v) is 5.29.